The van der Waals surface area contributed by atoms with Gasteiger partial charge in [-0.3, -0.25) is 0 Å². The minimum absolute atomic E-state index is 0.302. The van der Waals surface area contributed by atoms with E-state index in [1.807, 2.05) is 42.5 Å². The summed E-state index contributed by atoms with van der Waals surface area (Å²) >= 11 is 18.4. The molecular formula is C16H11Cl3N2. The number of hydrogen-bond donors (Lipinski definition) is 0. The fourth-order valence-corrected chi connectivity index (χ4v) is 2.87. The van der Waals surface area contributed by atoms with E-state index in [-0.39, 0.29) is 0 Å². The van der Waals surface area contributed by atoms with Gasteiger partial charge in [0, 0.05) is 16.1 Å². The van der Waals surface area contributed by atoms with E-state index in [0.29, 0.717) is 16.1 Å². The fraction of sp³-hybridized carbons (Fsp3) is 0.0625. The van der Waals surface area contributed by atoms with E-state index in [2.05, 4.69) is 5.10 Å². The Hall–Kier alpha value is -1.48. The zero-order chi connectivity index (χ0) is 14.8. The van der Waals surface area contributed by atoms with Crippen LogP contribution in [-0.4, -0.2) is 9.78 Å². The van der Waals surface area contributed by atoms with Crippen molar-refractivity contribution in [3.8, 4) is 16.9 Å². The van der Waals surface area contributed by atoms with Gasteiger partial charge < -0.3 is 0 Å². The number of nitrogens with zero attached hydrogens (tertiary/aromatic N) is 2. The summed E-state index contributed by atoms with van der Waals surface area (Å²) in [5.74, 6) is 0.302. The Balaban J connectivity index is 2.16. The molecule has 0 radical (unpaired) electrons. The van der Waals surface area contributed by atoms with Gasteiger partial charge in [0.2, 0.25) is 0 Å². The molecule has 0 aliphatic heterocycles. The Bertz CT molecular complexity index is 749. The van der Waals surface area contributed by atoms with Gasteiger partial charge >= 0.3 is 0 Å². The van der Waals surface area contributed by atoms with Gasteiger partial charge in [-0.25, -0.2) is 4.68 Å². The highest BCUT2D eigenvalue weighted by Crippen LogP contribution is 2.32. The van der Waals surface area contributed by atoms with Crippen molar-refractivity contribution >= 4 is 34.8 Å². The first-order valence-electron chi connectivity index (χ1n) is 6.35. The van der Waals surface area contributed by atoms with E-state index in [1.165, 1.54) is 0 Å². The number of rotatable bonds is 3. The molecule has 0 spiro atoms. The number of aromatic nitrogens is 2. The summed E-state index contributed by atoms with van der Waals surface area (Å²) in [5.41, 5.74) is 3.45. The third-order valence-electron chi connectivity index (χ3n) is 3.17. The van der Waals surface area contributed by atoms with Crippen LogP contribution < -0.4 is 0 Å². The second-order valence-corrected chi connectivity index (χ2v) is 5.57. The molecule has 1 heterocycles. The molecule has 0 atom stereocenters. The van der Waals surface area contributed by atoms with E-state index in [1.54, 1.807) is 16.8 Å². The van der Waals surface area contributed by atoms with Crippen molar-refractivity contribution in [2.75, 3.05) is 0 Å². The van der Waals surface area contributed by atoms with Crippen molar-refractivity contribution in [3.05, 3.63) is 70.3 Å². The molecule has 0 aliphatic carbocycles. The smallest absolute Gasteiger partial charge is 0.137 e. The fourth-order valence-electron chi connectivity index (χ4n) is 2.13. The standard InChI is InChI=1S/C16H11Cl3N2/c17-10-14-15(11-4-2-1-3-5-11)20-21(16(14)19)13-8-6-12(18)7-9-13/h1-9H,10H2. The van der Waals surface area contributed by atoms with Crippen LogP contribution in [0.3, 0.4) is 0 Å². The van der Waals surface area contributed by atoms with Gasteiger partial charge in [0.15, 0.2) is 0 Å². The molecule has 0 bridgehead atoms. The van der Waals surface area contributed by atoms with Gasteiger partial charge in [0.05, 0.1) is 17.3 Å². The van der Waals surface area contributed by atoms with Crippen LogP contribution >= 0.6 is 34.8 Å². The minimum atomic E-state index is 0.302. The van der Waals surface area contributed by atoms with Crippen molar-refractivity contribution in [3.63, 3.8) is 0 Å². The van der Waals surface area contributed by atoms with Gasteiger partial charge in [-0.2, -0.15) is 5.10 Å². The number of hydrogen-bond acceptors (Lipinski definition) is 1. The molecule has 2 nitrogen and oxygen atoms in total. The molecule has 3 aromatic rings. The zero-order valence-electron chi connectivity index (χ0n) is 10.9. The van der Waals surface area contributed by atoms with E-state index in [4.69, 9.17) is 34.8 Å². The third kappa shape index (κ3) is 2.80. The lowest BCUT2D eigenvalue weighted by atomic mass is 10.1. The van der Waals surface area contributed by atoms with Gasteiger partial charge in [0.1, 0.15) is 5.15 Å². The predicted molar refractivity (Wildman–Crippen MR) is 88.6 cm³/mol. The lowest BCUT2D eigenvalue weighted by molar-refractivity contribution is 0.884. The van der Waals surface area contributed by atoms with Crippen molar-refractivity contribution in [1.29, 1.82) is 0 Å². The van der Waals surface area contributed by atoms with E-state index >= 15 is 0 Å². The molecule has 0 unspecified atom stereocenters. The molecule has 5 heteroatoms. The number of alkyl halides is 1. The molecule has 106 valence electrons. The summed E-state index contributed by atoms with van der Waals surface area (Å²) in [4.78, 5) is 0. The number of halogens is 3. The normalized spacial score (nSPS) is 10.8. The highest BCUT2D eigenvalue weighted by molar-refractivity contribution is 6.32. The second-order valence-electron chi connectivity index (χ2n) is 4.51. The molecule has 1 aromatic heterocycles. The molecule has 0 saturated carbocycles. The first kappa shape index (κ1) is 14.5. The Kier molecular flexibility index (Phi) is 4.20. The van der Waals surface area contributed by atoms with Crippen molar-refractivity contribution in [2.45, 2.75) is 5.88 Å². The topological polar surface area (TPSA) is 17.8 Å². The lowest BCUT2D eigenvalue weighted by Crippen LogP contribution is -1.96. The Morgan fingerprint density at radius 1 is 0.905 bits per heavy atom. The van der Waals surface area contributed by atoms with E-state index in [0.717, 1.165) is 22.5 Å². The first-order valence-corrected chi connectivity index (χ1v) is 7.64. The second kappa shape index (κ2) is 6.10. The maximum atomic E-state index is 6.44. The maximum Gasteiger partial charge on any atom is 0.137 e. The van der Waals surface area contributed by atoms with Crippen molar-refractivity contribution in [2.24, 2.45) is 0 Å². The van der Waals surface area contributed by atoms with Crippen LogP contribution in [0.4, 0.5) is 0 Å². The van der Waals surface area contributed by atoms with Crippen LogP contribution in [0.25, 0.3) is 16.9 Å². The molecule has 3 rings (SSSR count). The summed E-state index contributed by atoms with van der Waals surface area (Å²) in [6, 6.07) is 17.2. The van der Waals surface area contributed by atoms with Gasteiger partial charge in [-0.15, -0.1) is 11.6 Å². The van der Waals surface area contributed by atoms with Crippen LogP contribution in [0.2, 0.25) is 10.2 Å². The molecule has 0 amide bonds. The van der Waals surface area contributed by atoms with Crippen molar-refractivity contribution < 1.29 is 0 Å². The number of benzene rings is 2. The van der Waals surface area contributed by atoms with Crippen LogP contribution in [0.15, 0.2) is 54.6 Å². The average Bonchev–Trinajstić information content (AvgIpc) is 2.86. The zero-order valence-corrected chi connectivity index (χ0v) is 13.2. The van der Waals surface area contributed by atoms with Crippen LogP contribution in [0.5, 0.6) is 0 Å². The molecule has 2 aromatic carbocycles. The van der Waals surface area contributed by atoms with E-state index in [9.17, 15) is 0 Å². The Morgan fingerprint density at radius 3 is 2.19 bits per heavy atom. The molecule has 0 saturated heterocycles. The summed E-state index contributed by atoms with van der Waals surface area (Å²) in [6.07, 6.45) is 0. The van der Waals surface area contributed by atoms with Gasteiger partial charge in [-0.05, 0) is 24.3 Å². The van der Waals surface area contributed by atoms with Crippen LogP contribution in [0, 0.1) is 0 Å². The summed E-state index contributed by atoms with van der Waals surface area (Å²) in [6.45, 7) is 0. The van der Waals surface area contributed by atoms with Crippen LogP contribution in [0.1, 0.15) is 5.56 Å². The monoisotopic (exact) mass is 336 g/mol. The van der Waals surface area contributed by atoms with Crippen LogP contribution in [-0.2, 0) is 5.88 Å². The van der Waals surface area contributed by atoms with Crippen molar-refractivity contribution in [1.82, 2.24) is 9.78 Å². The molecular weight excluding hydrogens is 327 g/mol. The largest absolute Gasteiger partial charge is 0.221 e. The SMILES string of the molecule is ClCc1c(-c2ccccc2)nn(-c2ccc(Cl)cc2)c1Cl. The third-order valence-corrected chi connectivity index (χ3v) is 4.08. The molecule has 0 N–H and O–H groups in total. The summed E-state index contributed by atoms with van der Waals surface area (Å²) in [5, 5.41) is 5.80. The molecule has 21 heavy (non-hydrogen) atoms. The predicted octanol–water partition coefficient (Wildman–Crippen LogP) is 5.58. The van der Waals surface area contributed by atoms with Gasteiger partial charge in [0.25, 0.3) is 0 Å². The first-order chi connectivity index (χ1) is 10.2. The minimum Gasteiger partial charge on any atom is -0.221 e. The maximum absolute atomic E-state index is 6.44. The molecule has 0 aliphatic rings. The quantitative estimate of drug-likeness (QED) is 0.570. The summed E-state index contributed by atoms with van der Waals surface area (Å²) in [7, 11) is 0. The average molecular weight is 338 g/mol. The summed E-state index contributed by atoms with van der Waals surface area (Å²) < 4.78 is 1.68. The Morgan fingerprint density at radius 2 is 1.57 bits per heavy atom. The lowest BCUT2D eigenvalue weighted by Gasteiger charge is -2.02. The highest BCUT2D eigenvalue weighted by atomic mass is 35.5. The van der Waals surface area contributed by atoms with Gasteiger partial charge in [-0.1, -0.05) is 53.5 Å². The highest BCUT2D eigenvalue weighted by Gasteiger charge is 2.17. The molecule has 0 fully saturated rings. The Labute approximate surface area is 137 Å². The van der Waals surface area contributed by atoms with E-state index < -0.39 is 0 Å².